The Morgan fingerprint density at radius 3 is 2.50 bits per heavy atom. The molecule has 0 saturated heterocycles. The second kappa shape index (κ2) is 8.20. The number of hydrogen-bond donors (Lipinski definition) is 2. The van der Waals surface area contributed by atoms with E-state index in [0.29, 0.717) is 23.1 Å². The van der Waals surface area contributed by atoms with Gasteiger partial charge in [0.25, 0.3) is 5.91 Å². The minimum atomic E-state index is -0.334. The van der Waals surface area contributed by atoms with Crippen LogP contribution >= 0.6 is 22.7 Å². The Hall–Kier alpha value is -2.58. The molecule has 26 heavy (non-hydrogen) atoms. The van der Waals surface area contributed by atoms with Gasteiger partial charge in [-0.15, -0.1) is 22.7 Å². The summed E-state index contributed by atoms with van der Waals surface area (Å²) in [7, 11) is 0. The van der Waals surface area contributed by atoms with E-state index in [2.05, 4.69) is 20.6 Å². The van der Waals surface area contributed by atoms with E-state index in [1.165, 1.54) is 22.7 Å². The van der Waals surface area contributed by atoms with Crippen LogP contribution < -0.4 is 10.6 Å². The number of hydrogen-bond acceptors (Lipinski definition) is 6. The van der Waals surface area contributed by atoms with Crippen LogP contribution in [0.15, 0.2) is 35.7 Å². The Kier molecular flexibility index (Phi) is 5.75. The topological polar surface area (TPSA) is 84.0 Å². The lowest BCUT2D eigenvalue weighted by atomic mass is 10.1. The molecule has 0 aliphatic rings. The molecule has 0 bridgehead atoms. The number of aromatic nitrogens is 2. The zero-order valence-corrected chi connectivity index (χ0v) is 16.0. The third-order valence-electron chi connectivity index (χ3n) is 3.72. The fraction of sp³-hybridized carbons (Fsp3) is 0.222. The van der Waals surface area contributed by atoms with Gasteiger partial charge in [-0.1, -0.05) is 30.3 Å². The van der Waals surface area contributed by atoms with Crippen LogP contribution in [-0.2, 0) is 11.2 Å². The quantitative estimate of drug-likeness (QED) is 0.670. The molecule has 0 saturated carbocycles. The van der Waals surface area contributed by atoms with Gasteiger partial charge in [-0.25, -0.2) is 9.97 Å². The molecule has 2 heterocycles. The Morgan fingerprint density at radius 1 is 1.04 bits per heavy atom. The average Bonchev–Trinajstić information content (AvgIpc) is 3.21. The predicted octanol–water partition coefficient (Wildman–Crippen LogP) is 4.04. The number of carbonyl (C=O) groups excluding carboxylic acids is 2. The van der Waals surface area contributed by atoms with E-state index in [1.807, 2.05) is 44.2 Å². The van der Waals surface area contributed by atoms with E-state index in [-0.39, 0.29) is 17.5 Å². The molecule has 2 aromatic heterocycles. The highest BCUT2D eigenvalue weighted by Crippen LogP contribution is 2.22. The number of amides is 2. The number of benzene rings is 1. The number of nitrogens with zero attached hydrogens (tertiary/aromatic N) is 2. The highest BCUT2D eigenvalue weighted by Gasteiger charge is 2.14. The van der Waals surface area contributed by atoms with Gasteiger partial charge in [-0.05, 0) is 25.8 Å². The van der Waals surface area contributed by atoms with Gasteiger partial charge in [0.15, 0.2) is 10.3 Å². The van der Waals surface area contributed by atoms with Crippen molar-refractivity contribution in [2.45, 2.75) is 26.7 Å². The standard InChI is InChI=1S/C18H18N4O2S2/c1-11-12(2)26-18(19-11)22-16(24)14-10-25-17(20-14)21-15(23)9-8-13-6-4-3-5-7-13/h3-7,10H,8-9H2,1-2H3,(H,19,22,24)(H,20,21,23). The Labute approximate surface area is 159 Å². The highest BCUT2D eigenvalue weighted by atomic mass is 32.1. The Balaban J connectivity index is 1.53. The van der Waals surface area contributed by atoms with Crippen molar-refractivity contribution in [1.82, 2.24) is 9.97 Å². The summed E-state index contributed by atoms with van der Waals surface area (Å²) in [6.07, 6.45) is 1.02. The van der Waals surface area contributed by atoms with Crippen LogP contribution in [0.4, 0.5) is 10.3 Å². The number of rotatable bonds is 6. The van der Waals surface area contributed by atoms with Crippen LogP contribution in [0.5, 0.6) is 0 Å². The summed E-state index contributed by atoms with van der Waals surface area (Å²) in [6.45, 7) is 3.85. The summed E-state index contributed by atoms with van der Waals surface area (Å²) in [5.74, 6) is -0.457. The van der Waals surface area contributed by atoms with Gasteiger partial charge >= 0.3 is 0 Å². The summed E-state index contributed by atoms with van der Waals surface area (Å²) in [5, 5.41) is 8.06. The molecular formula is C18H18N4O2S2. The third-order valence-corrected chi connectivity index (χ3v) is 5.46. The van der Waals surface area contributed by atoms with Crippen molar-refractivity contribution in [3.05, 3.63) is 57.5 Å². The lowest BCUT2D eigenvalue weighted by molar-refractivity contribution is -0.116. The number of aryl methyl sites for hydroxylation is 3. The van der Waals surface area contributed by atoms with Crippen molar-refractivity contribution < 1.29 is 9.59 Å². The van der Waals surface area contributed by atoms with E-state index in [1.54, 1.807) is 5.38 Å². The molecule has 134 valence electrons. The molecule has 2 amide bonds. The van der Waals surface area contributed by atoms with E-state index >= 15 is 0 Å². The maximum Gasteiger partial charge on any atom is 0.276 e. The smallest absolute Gasteiger partial charge is 0.276 e. The van der Waals surface area contributed by atoms with E-state index in [4.69, 9.17) is 0 Å². The lowest BCUT2D eigenvalue weighted by Crippen LogP contribution is -2.14. The fourth-order valence-electron chi connectivity index (χ4n) is 2.21. The number of thiazole rings is 2. The van der Waals surface area contributed by atoms with Crippen molar-refractivity contribution in [3.8, 4) is 0 Å². The molecule has 8 heteroatoms. The number of anilines is 2. The molecule has 0 spiro atoms. The van der Waals surface area contributed by atoms with E-state index in [9.17, 15) is 9.59 Å². The first-order chi connectivity index (χ1) is 12.5. The van der Waals surface area contributed by atoms with E-state index in [0.717, 1.165) is 16.1 Å². The minimum absolute atomic E-state index is 0.124. The molecule has 1 aromatic carbocycles. The Morgan fingerprint density at radius 2 is 1.81 bits per heavy atom. The molecule has 0 fully saturated rings. The first-order valence-corrected chi connectivity index (χ1v) is 9.75. The molecule has 0 aliphatic heterocycles. The SMILES string of the molecule is Cc1nc(NC(=O)c2csc(NC(=O)CCc3ccccc3)n2)sc1C. The summed E-state index contributed by atoms with van der Waals surface area (Å²) in [5.41, 5.74) is 2.27. The molecular weight excluding hydrogens is 368 g/mol. The summed E-state index contributed by atoms with van der Waals surface area (Å²) in [4.78, 5) is 33.8. The average molecular weight is 387 g/mol. The molecule has 3 aromatic rings. The van der Waals surface area contributed by atoms with Crippen LogP contribution in [0, 0.1) is 13.8 Å². The number of nitrogens with one attached hydrogen (secondary N) is 2. The molecule has 3 rings (SSSR count). The van der Waals surface area contributed by atoms with Gasteiger partial charge in [0.2, 0.25) is 5.91 Å². The molecule has 0 atom stereocenters. The molecule has 0 unspecified atom stereocenters. The van der Waals surface area contributed by atoms with Crippen molar-refractivity contribution in [3.63, 3.8) is 0 Å². The van der Waals surface area contributed by atoms with Crippen LogP contribution in [0.25, 0.3) is 0 Å². The summed E-state index contributed by atoms with van der Waals surface area (Å²) in [6, 6.07) is 9.82. The normalized spacial score (nSPS) is 10.5. The van der Waals surface area contributed by atoms with Crippen molar-refractivity contribution in [1.29, 1.82) is 0 Å². The van der Waals surface area contributed by atoms with Crippen LogP contribution in [-0.4, -0.2) is 21.8 Å². The molecule has 0 aliphatic carbocycles. The third kappa shape index (κ3) is 4.74. The molecule has 2 N–H and O–H groups in total. The first-order valence-electron chi connectivity index (χ1n) is 8.06. The zero-order chi connectivity index (χ0) is 18.5. The largest absolute Gasteiger partial charge is 0.302 e. The maximum absolute atomic E-state index is 12.2. The van der Waals surface area contributed by atoms with Gasteiger partial charge in [-0.2, -0.15) is 0 Å². The summed E-state index contributed by atoms with van der Waals surface area (Å²) < 4.78 is 0. The monoisotopic (exact) mass is 386 g/mol. The first kappa shape index (κ1) is 18.2. The van der Waals surface area contributed by atoms with Crippen molar-refractivity contribution >= 4 is 44.8 Å². The van der Waals surface area contributed by atoms with Crippen LogP contribution in [0.1, 0.15) is 33.0 Å². The minimum Gasteiger partial charge on any atom is -0.302 e. The van der Waals surface area contributed by atoms with Crippen molar-refractivity contribution in [2.24, 2.45) is 0 Å². The van der Waals surface area contributed by atoms with Crippen molar-refractivity contribution in [2.75, 3.05) is 10.6 Å². The van der Waals surface area contributed by atoms with Gasteiger partial charge in [0.1, 0.15) is 5.69 Å². The molecule has 0 radical (unpaired) electrons. The van der Waals surface area contributed by atoms with Gasteiger partial charge in [0.05, 0.1) is 5.69 Å². The van der Waals surface area contributed by atoms with Gasteiger partial charge < -0.3 is 5.32 Å². The van der Waals surface area contributed by atoms with Gasteiger partial charge in [0, 0.05) is 16.7 Å². The molecule has 6 nitrogen and oxygen atoms in total. The lowest BCUT2D eigenvalue weighted by Gasteiger charge is -2.02. The second-order valence-corrected chi connectivity index (χ2v) is 7.75. The van der Waals surface area contributed by atoms with E-state index < -0.39 is 0 Å². The van der Waals surface area contributed by atoms with Crippen LogP contribution in [0.3, 0.4) is 0 Å². The van der Waals surface area contributed by atoms with Gasteiger partial charge in [-0.3, -0.25) is 14.9 Å². The summed E-state index contributed by atoms with van der Waals surface area (Å²) >= 11 is 2.65. The highest BCUT2D eigenvalue weighted by molar-refractivity contribution is 7.16. The van der Waals surface area contributed by atoms with Crippen LogP contribution in [0.2, 0.25) is 0 Å². The number of carbonyl (C=O) groups is 2. The fourth-order valence-corrected chi connectivity index (χ4v) is 3.72. The maximum atomic E-state index is 12.2. The zero-order valence-electron chi connectivity index (χ0n) is 14.4. The predicted molar refractivity (Wildman–Crippen MR) is 105 cm³/mol. The Bertz CT molecular complexity index is 899. The second-order valence-electron chi connectivity index (χ2n) is 5.69.